The van der Waals surface area contributed by atoms with E-state index < -0.39 is 63.8 Å². The Bertz CT molecular complexity index is 1080. The van der Waals surface area contributed by atoms with Crippen LogP contribution in [0, 0.1) is 5.41 Å². The zero-order valence-electron chi connectivity index (χ0n) is 20.8. The first-order valence-corrected chi connectivity index (χ1v) is 12.5. The van der Waals surface area contributed by atoms with Crippen LogP contribution in [0.4, 0.5) is 57.1 Å². The summed E-state index contributed by atoms with van der Waals surface area (Å²) in [6, 6.07) is 4.58. The summed E-state index contributed by atoms with van der Waals surface area (Å²) in [5.41, 5.74) is 0.588. The lowest BCUT2D eigenvalue weighted by molar-refractivity contribution is -0.440. The van der Waals surface area contributed by atoms with Gasteiger partial charge in [-0.1, -0.05) is 46.2 Å². The third kappa shape index (κ3) is 6.76. The number of hydrogen-bond donors (Lipinski definition) is 0. The molecular weight excluding hydrogens is 591 g/mol. The van der Waals surface area contributed by atoms with Gasteiger partial charge >= 0.3 is 35.8 Å². The maximum Gasteiger partial charge on any atom is 0.460 e. The second-order valence-corrected chi connectivity index (χ2v) is 11.3. The largest absolute Gasteiger partial charge is 0.460 e. The third-order valence-electron chi connectivity index (χ3n) is 6.21. The van der Waals surface area contributed by atoms with Crippen molar-refractivity contribution in [1.29, 1.82) is 0 Å². The molecule has 0 heterocycles. The van der Waals surface area contributed by atoms with Gasteiger partial charge in [-0.3, -0.25) is 4.18 Å². The molecule has 228 valence electrons. The Morgan fingerprint density at radius 3 is 1.59 bits per heavy atom. The van der Waals surface area contributed by atoms with Crippen LogP contribution in [-0.2, 0) is 14.3 Å². The van der Waals surface area contributed by atoms with Crippen molar-refractivity contribution in [2.24, 2.45) is 5.41 Å². The molecule has 0 saturated heterocycles. The fourth-order valence-corrected chi connectivity index (χ4v) is 4.27. The molecule has 0 fully saturated rings. The van der Waals surface area contributed by atoms with Crippen LogP contribution in [0.3, 0.4) is 0 Å². The summed E-state index contributed by atoms with van der Waals surface area (Å²) < 4.78 is 199. The molecule has 0 radical (unpaired) electrons. The first kappa shape index (κ1) is 35.2. The molecule has 0 aromatic heterocycles. The molecular formula is C22H25F13O3S. The van der Waals surface area contributed by atoms with Crippen molar-refractivity contribution in [3.05, 3.63) is 29.8 Å². The minimum absolute atomic E-state index is 0.0655. The van der Waals surface area contributed by atoms with E-state index in [1.165, 1.54) is 12.1 Å². The Labute approximate surface area is 215 Å². The van der Waals surface area contributed by atoms with Crippen molar-refractivity contribution in [1.82, 2.24) is 0 Å². The van der Waals surface area contributed by atoms with Gasteiger partial charge in [-0.05, 0) is 35.4 Å². The first-order valence-electron chi connectivity index (χ1n) is 11.1. The predicted molar refractivity (Wildman–Crippen MR) is 112 cm³/mol. The minimum Gasteiger partial charge on any atom is -0.266 e. The van der Waals surface area contributed by atoms with E-state index in [1.807, 2.05) is 27.7 Å². The van der Waals surface area contributed by atoms with Crippen LogP contribution < -0.4 is 0 Å². The molecule has 1 unspecified atom stereocenters. The van der Waals surface area contributed by atoms with Crippen LogP contribution in [0.2, 0.25) is 0 Å². The lowest BCUT2D eigenvalue weighted by Gasteiger charge is -2.39. The summed E-state index contributed by atoms with van der Waals surface area (Å²) in [5.74, 6) is -37.8. The van der Waals surface area contributed by atoms with E-state index in [9.17, 15) is 65.5 Å². The lowest BCUT2D eigenvalue weighted by Crippen LogP contribution is -2.70. The molecule has 17 heteroatoms. The molecule has 0 N–H and O–H groups in total. The predicted octanol–water partition coefficient (Wildman–Crippen LogP) is 8.45. The third-order valence-corrected chi connectivity index (χ3v) is 7.53. The number of alkyl halides is 13. The van der Waals surface area contributed by atoms with Crippen LogP contribution >= 0.6 is 0 Å². The van der Waals surface area contributed by atoms with Crippen LogP contribution in [-0.4, -0.2) is 50.8 Å². The topological polar surface area (TPSA) is 43.4 Å². The van der Waals surface area contributed by atoms with Crippen molar-refractivity contribution in [3.63, 3.8) is 0 Å². The summed E-state index contributed by atoms with van der Waals surface area (Å²) in [6.07, 6.45) is -8.77. The summed E-state index contributed by atoms with van der Waals surface area (Å²) >= 11 is 0. The number of hydrogen-bond acceptors (Lipinski definition) is 3. The van der Waals surface area contributed by atoms with E-state index >= 15 is 0 Å². The average Bonchev–Trinajstić information content (AvgIpc) is 2.77. The van der Waals surface area contributed by atoms with Gasteiger partial charge in [0.2, 0.25) is 0 Å². The van der Waals surface area contributed by atoms with E-state index in [0.29, 0.717) is 12.0 Å². The van der Waals surface area contributed by atoms with Crippen LogP contribution in [0.15, 0.2) is 29.2 Å². The minimum atomic E-state index is -8.02. The summed E-state index contributed by atoms with van der Waals surface area (Å²) in [4.78, 5) is -0.690. The molecule has 39 heavy (non-hydrogen) atoms. The van der Waals surface area contributed by atoms with Crippen molar-refractivity contribution >= 4 is 10.1 Å². The molecule has 0 spiro atoms. The standard InChI is InChI=1S/C22H25F13O3S/c1-5-16(3,4)12-13(2)14-6-8-15(9-7-14)39(36,37)38-11-10-17(23,24)18(25,26)19(27,28)20(29,30)21(31,32)22(33,34)35/h6-9,13H,5,10-12H2,1-4H3. The molecule has 0 bridgehead atoms. The fraction of sp³-hybridized carbons (Fsp3) is 0.727. The molecule has 0 aliphatic heterocycles. The summed E-state index contributed by atoms with van der Waals surface area (Å²) in [5, 5.41) is 0. The maximum atomic E-state index is 13.8. The maximum absolute atomic E-state index is 13.8. The van der Waals surface area contributed by atoms with Crippen molar-refractivity contribution < 1.29 is 69.7 Å². The Morgan fingerprint density at radius 2 is 1.18 bits per heavy atom. The van der Waals surface area contributed by atoms with Gasteiger partial charge in [-0.25, -0.2) is 0 Å². The van der Waals surface area contributed by atoms with E-state index in [-0.39, 0.29) is 11.3 Å². The van der Waals surface area contributed by atoms with Gasteiger partial charge in [0.25, 0.3) is 10.1 Å². The number of benzene rings is 1. The molecule has 1 atom stereocenters. The molecule has 0 amide bonds. The van der Waals surface area contributed by atoms with Gasteiger partial charge in [-0.2, -0.15) is 65.5 Å². The van der Waals surface area contributed by atoms with Crippen LogP contribution in [0.1, 0.15) is 58.4 Å². The van der Waals surface area contributed by atoms with Gasteiger partial charge in [-0.15, -0.1) is 0 Å². The normalized spacial score (nSPS) is 15.9. The van der Waals surface area contributed by atoms with Crippen molar-refractivity contribution in [3.8, 4) is 0 Å². The Kier molecular flexibility index (Phi) is 9.85. The Morgan fingerprint density at radius 1 is 0.744 bits per heavy atom. The summed E-state index contributed by atoms with van der Waals surface area (Å²) in [6.45, 7) is 5.74. The number of halogens is 13. The number of rotatable bonds is 13. The molecule has 1 aromatic carbocycles. The van der Waals surface area contributed by atoms with Gasteiger partial charge in [0.15, 0.2) is 0 Å². The first-order chi connectivity index (χ1) is 17.1. The smallest absolute Gasteiger partial charge is 0.266 e. The zero-order valence-corrected chi connectivity index (χ0v) is 21.6. The van der Waals surface area contributed by atoms with E-state index in [2.05, 4.69) is 4.18 Å². The molecule has 0 aliphatic rings. The second-order valence-electron chi connectivity index (χ2n) is 9.72. The molecule has 1 rings (SSSR count). The monoisotopic (exact) mass is 616 g/mol. The van der Waals surface area contributed by atoms with Gasteiger partial charge in [0, 0.05) is 6.42 Å². The van der Waals surface area contributed by atoms with Gasteiger partial charge < -0.3 is 0 Å². The van der Waals surface area contributed by atoms with E-state index in [0.717, 1.165) is 18.6 Å². The highest BCUT2D eigenvalue weighted by Crippen LogP contribution is 2.60. The SMILES string of the molecule is CCC(C)(C)CC(C)c1ccc(S(=O)(=O)OCCC(F)(F)C(F)(F)C(F)(F)C(F)(F)C(F)(F)C(F)(F)F)cc1. The average molecular weight is 616 g/mol. The van der Waals surface area contributed by atoms with Gasteiger partial charge in [0.05, 0.1) is 11.5 Å². The fourth-order valence-electron chi connectivity index (χ4n) is 3.36. The lowest BCUT2D eigenvalue weighted by atomic mass is 9.79. The van der Waals surface area contributed by atoms with Crippen LogP contribution in [0.25, 0.3) is 0 Å². The molecule has 0 aliphatic carbocycles. The van der Waals surface area contributed by atoms with Gasteiger partial charge in [0.1, 0.15) is 0 Å². The highest BCUT2D eigenvalue weighted by Gasteiger charge is 2.90. The van der Waals surface area contributed by atoms with E-state index in [1.54, 1.807) is 0 Å². The second kappa shape index (κ2) is 10.9. The molecule has 3 nitrogen and oxygen atoms in total. The summed E-state index contributed by atoms with van der Waals surface area (Å²) in [7, 11) is -5.00. The van der Waals surface area contributed by atoms with Crippen molar-refractivity contribution in [2.45, 2.75) is 93.6 Å². The van der Waals surface area contributed by atoms with Crippen molar-refractivity contribution in [2.75, 3.05) is 6.61 Å². The Hall–Kier alpha value is -1.78. The highest BCUT2D eigenvalue weighted by molar-refractivity contribution is 7.86. The Balaban J connectivity index is 3.07. The van der Waals surface area contributed by atoms with E-state index in [4.69, 9.17) is 0 Å². The molecule has 0 saturated carbocycles. The quantitative estimate of drug-likeness (QED) is 0.165. The zero-order chi connectivity index (χ0) is 31.1. The molecule has 1 aromatic rings. The van der Waals surface area contributed by atoms with Crippen LogP contribution in [0.5, 0.6) is 0 Å². The highest BCUT2D eigenvalue weighted by atomic mass is 32.2.